The predicted molar refractivity (Wildman–Crippen MR) is 51.9 cm³/mol. The Labute approximate surface area is 86.7 Å². The van der Waals surface area contributed by atoms with Gasteiger partial charge in [0.2, 0.25) is 0 Å². The summed E-state index contributed by atoms with van der Waals surface area (Å²) in [5, 5.41) is 9.26. The lowest BCUT2D eigenvalue weighted by Gasteiger charge is -2.03. The fourth-order valence-corrected chi connectivity index (χ4v) is 1.01. The average molecular weight is 209 g/mol. The molecule has 1 N–H and O–H groups in total. The zero-order valence-corrected chi connectivity index (χ0v) is 8.48. The molecule has 0 aliphatic carbocycles. The molecule has 1 aromatic heterocycles. The molecular weight excluding hydrogens is 198 g/mol. The number of rotatable bonds is 3. The molecule has 5 heteroatoms. The average Bonchev–Trinajstić information content (AvgIpc) is 2.17. The Morgan fingerprint density at radius 2 is 2.00 bits per heavy atom. The molecule has 0 aliphatic heterocycles. The van der Waals surface area contributed by atoms with E-state index in [4.69, 9.17) is 4.74 Å². The molecule has 0 saturated heterocycles. The van der Waals surface area contributed by atoms with Gasteiger partial charge in [0.1, 0.15) is 11.4 Å². The Hall–Kier alpha value is -1.91. The second-order valence-electron chi connectivity index (χ2n) is 2.87. The molecule has 0 aliphatic rings. The van der Waals surface area contributed by atoms with Gasteiger partial charge in [-0.3, -0.25) is 4.79 Å². The highest BCUT2D eigenvalue weighted by Gasteiger charge is 2.12. The van der Waals surface area contributed by atoms with Crippen LogP contribution in [0.5, 0.6) is 5.75 Å². The summed E-state index contributed by atoms with van der Waals surface area (Å²) in [5.74, 6) is -1.16. The van der Waals surface area contributed by atoms with E-state index in [0.717, 1.165) is 6.07 Å². The van der Waals surface area contributed by atoms with Crippen molar-refractivity contribution in [3.05, 3.63) is 23.5 Å². The van der Waals surface area contributed by atoms with Crippen LogP contribution in [0.2, 0.25) is 0 Å². The fourth-order valence-electron chi connectivity index (χ4n) is 1.01. The number of nitrogens with zero attached hydrogens (tertiary/aromatic N) is 1. The van der Waals surface area contributed by atoms with Crippen LogP contribution in [0.25, 0.3) is 0 Å². The summed E-state index contributed by atoms with van der Waals surface area (Å²) in [6.45, 7) is 3.18. The van der Waals surface area contributed by atoms with E-state index in [1.165, 1.54) is 13.0 Å². The predicted octanol–water partition coefficient (Wildman–Crippen LogP) is 1.17. The van der Waals surface area contributed by atoms with Crippen LogP contribution in [0.1, 0.15) is 34.8 Å². The van der Waals surface area contributed by atoms with Gasteiger partial charge in [-0.2, -0.15) is 0 Å². The first-order valence-corrected chi connectivity index (χ1v) is 4.43. The lowest BCUT2D eigenvalue weighted by Crippen LogP contribution is -2.09. The van der Waals surface area contributed by atoms with Crippen molar-refractivity contribution in [2.24, 2.45) is 0 Å². The van der Waals surface area contributed by atoms with Gasteiger partial charge in [0, 0.05) is 19.1 Å². The smallest absolute Gasteiger partial charge is 0.357 e. The standard InChI is InChI=1S/C10H11NO4/c1-3-15-10(14)9-5-7(13)4-8(11-9)6(2)12/h4-5H,3H2,1-2H3,(H,11,13). The van der Waals surface area contributed by atoms with Crippen molar-refractivity contribution >= 4 is 11.8 Å². The maximum Gasteiger partial charge on any atom is 0.357 e. The third-order valence-electron chi connectivity index (χ3n) is 1.66. The maximum atomic E-state index is 11.3. The van der Waals surface area contributed by atoms with E-state index in [9.17, 15) is 14.7 Å². The number of pyridine rings is 1. The summed E-state index contributed by atoms with van der Waals surface area (Å²) in [4.78, 5) is 26.0. The van der Waals surface area contributed by atoms with Gasteiger partial charge in [-0.1, -0.05) is 0 Å². The number of ketones is 1. The quantitative estimate of drug-likeness (QED) is 0.597. The zero-order chi connectivity index (χ0) is 11.4. The maximum absolute atomic E-state index is 11.3. The summed E-state index contributed by atoms with van der Waals surface area (Å²) < 4.78 is 4.69. The number of carbonyl (C=O) groups is 2. The molecule has 0 bridgehead atoms. The van der Waals surface area contributed by atoms with E-state index in [0.29, 0.717) is 0 Å². The van der Waals surface area contributed by atoms with E-state index in [1.807, 2.05) is 0 Å². The van der Waals surface area contributed by atoms with Crippen LogP contribution >= 0.6 is 0 Å². The third-order valence-corrected chi connectivity index (χ3v) is 1.66. The summed E-state index contributed by atoms with van der Waals surface area (Å²) in [6, 6.07) is 2.36. The van der Waals surface area contributed by atoms with Crippen molar-refractivity contribution < 1.29 is 19.4 Å². The number of esters is 1. The molecule has 1 heterocycles. The van der Waals surface area contributed by atoms with Crippen LogP contribution in [0, 0.1) is 0 Å². The molecule has 0 unspecified atom stereocenters. The van der Waals surface area contributed by atoms with Crippen molar-refractivity contribution in [2.45, 2.75) is 13.8 Å². The summed E-state index contributed by atoms with van der Waals surface area (Å²) >= 11 is 0. The number of carbonyl (C=O) groups excluding carboxylic acids is 2. The molecule has 0 spiro atoms. The van der Waals surface area contributed by atoms with E-state index in [2.05, 4.69) is 4.98 Å². The first-order chi connectivity index (χ1) is 7.04. The van der Waals surface area contributed by atoms with Gasteiger partial charge in [-0.15, -0.1) is 0 Å². The SMILES string of the molecule is CCOC(=O)c1cc(O)cc(C(C)=O)n1. The van der Waals surface area contributed by atoms with Gasteiger partial charge in [-0.05, 0) is 6.92 Å². The Bertz CT molecular complexity index is 400. The van der Waals surface area contributed by atoms with Crippen LogP contribution < -0.4 is 0 Å². The van der Waals surface area contributed by atoms with E-state index < -0.39 is 5.97 Å². The van der Waals surface area contributed by atoms with Crippen molar-refractivity contribution in [1.82, 2.24) is 4.98 Å². The molecule has 0 aromatic carbocycles. The van der Waals surface area contributed by atoms with Gasteiger partial charge in [0.25, 0.3) is 0 Å². The van der Waals surface area contributed by atoms with Crippen molar-refractivity contribution in [3.63, 3.8) is 0 Å². The number of ether oxygens (including phenoxy) is 1. The highest BCUT2D eigenvalue weighted by atomic mass is 16.5. The number of Topliss-reactive ketones (excluding diaryl/α,β-unsaturated/α-hetero) is 1. The van der Waals surface area contributed by atoms with Crippen LogP contribution in [0.15, 0.2) is 12.1 Å². The second kappa shape index (κ2) is 4.54. The molecule has 0 saturated carbocycles. The Balaban J connectivity index is 3.09. The minimum absolute atomic E-state index is 0.0399. The molecule has 0 radical (unpaired) electrons. The minimum atomic E-state index is -0.657. The number of aromatic hydroxyl groups is 1. The Morgan fingerprint density at radius 3 is 2.53 bits per heavy atom. The number of aromatic nitrogens is 1. The Kier molecular flexibility index (Phi) is 3.38. The van der Waals surface area contributed by atoms with E-state index in [1.54, 1.807) is 6.92 Å². The van der Waals surface area contributed by atoms with Crippen LogP contribution in [0.4, 0.5) is 0 Å². The first-order valence-electron chi connectivity index (χ1n) is 4.43. The van der Waals surface area contributed by atoms with Gasteiger partial charge >= 0.3 is 5.97 Å². The molecule has 0 atom stereocenters. The fraction of sp³-hybridized carbons (Fsp3) is 0.300. The zero-order valence-electron chi connectivity index (χ0n) is 8.48. The van der Waals surface area contributed by atoms with Crippen LogP contribution in [0.3, 0.4) is 0 Å². The molecule has 5 nitrogen and oxygen atoms in total. The number of hydrogen-bond donors (Lipinski definition) is 1. The molecule has 1 rings (SSSR count). The summed E-state index contributed by atoms with van der Waals surface area (Å²) in [6.07, 6.45) is 0. The second-order valence-corrected chi connectivity index (χ2v) is 2.87. The van der Waals surface area contributed by atoms with Gasteiger partial charge in [0.15, 0.2) is 11.5 Å². The molecule has 15 heavy (non-hydrogen) atoms. The third kappa shape index (κ3) is 2.77. The van der Waals surface area contributed by atoms with Gasteiger partial charge in [0.05, 0.1) is 6.61 Å². The van der Waals surface area contributed by atoms with Crippen LogP contribution in [-0.2, 0) is 4.74 Å². The molecule has 1 aromatic rings. The molecular formula is C10H11NO4. The first kappa shape index (κ1) is 11.2. The monoisotopic (exact) mass is 209 g/mol. The lowest BCUT2D eigenvalue weighted by molar-refractivity contribution is 0.0519. The summed E-state index contributed by atoms with van der Waals surface area (Å²) in [7, 11) is 0. The topological polar surface area (TPSA) is 76.5 Å². The molecule has 0 amide bonds. The highest BCUT2D eigenvalue weighted by Crippen LogP contribution is 2.13. The highest BCUT2D eigenvalue weighted by molar-refractivity contribution is 5.95. The Morgan fingerprint density at radius 1 is 1.40 bits per heavy atom. The van der Waals surface area contributed by atoms with Gasteiger partial charge < -0.3 is 9.84 Å². The van der Waals surface area contributed by atoms with E-state index in [-0.39, 0.29) is 29.5 Å². The van der Waals surface area contributed by atoms with Crippen molar-refractivity contribution in [1.29, 1.82) is 0 Å². The molecule has 0 fully saturated rings. The molecule has 80 valence electrons. The normalized spacial score (nSPS) is 9.73. The van der Waals surface area contributed by atoms with Crippen molar-refractivity contribution in [2.75, 3.05) is 6.61 Å². The van der Waals surface area contributed by atoms with Crippen LogP contribution in [-0.4, -0.2) is 28.4 Å². The van der Waals surface area contributed by atoms with Gasteiger partial charge in [-0.25, -0.2) is 9.78 Å². The van der Waals surface area contributed by atoms with E-state index >= 15 is 0 Å². The number of hydrogen-bond acceptors (Lipinski definition) is 5. The minimum Gasteiger partial charge on any atom is -0.508 e. The summed E-state index contributed by atoms with van der Waals surface area (Å²) in [5.41, 5.74) is -0.0277. The largest absolute Gasteiger partial charge is 0.508 e. The van der Waals surface area contributed by atoms with Crippen molar-refractivity contribution in [3.8, 4) is 5.75 Å². The lowest BCUT2D eigenvalue weighted by atomic mass is 10.2.